The molecule has 0 atom stereocenters. The molecule has 0 saturated carbocycles. The topological polar surface area (TPSA) is 64.1 Å². The van der Waals surface area contributed by atoms with E-state index in [1.165, 1.54) is 0 Å². The molecule has 0 aliphatic carbocycles. The van der Waals surface area contributed by atoms with Gasteiger partial charge in [-0.1, -0.05) is 0 Å². The Labute approximate surface area is 67.5 Å². The second-order valence-electron chi connectivity index (χ2n) is 0. The normalized spacial score (nSPS) is 1.50. The first-order chi connectivity index (χ1) is 2.00. The molecule has 36 valence electrons. The molecule has 0 amide bonds. The minimum absolute atomic E-state index is 0. The molecule has 0 aromatic carbocycles. The Morgan fingerprint density at radius 3 is 1.17 bits per heavy atom. The van der Waals surface area contributed by atoms with Crippen LogP contribution in [0, 0.1) is 0 Å². The monoisotopic (exact) mass is 160 g/mol. The Hall–Kier alpha value is 1.35. The predicted molar refractivity (Wildman–Crippen MR) is 17.6 cm³/mol. The zero-order chi connectivity index (χ0) is 4.00. The number of rotatable bonds is 0. The second kappa shape index (κ2) is 99.5. The Balaban J connectivity index is -0.00000000500. The first-order valence-corrected chi connectivity index (χ1v) is 1.40. The van der Waals surface area contributed by atoms with Crippen molar-refractivity contribution in [3.8, 4) is 0 Å². The van der Waals surface area contributed by atoms with Gasteiger partial charge in [0.15, 0.2) is 0 Å². The van der Waals surface area contributed by atoms with Crippen molar-refractivity contribution in [2.45, 2.75) is 0 Å². The van der Waals surface area contributed by atoms with Crippen LogP contribution in [0.2, 0.25) is 0 Å². The van der Waals surface area contributed by atoms with Crippen molar-refractivity contribution in [1.82, 2.24) is 0 Å². The third kappa shape index (κ3) is 55.4. The van der Waals surface area contributed by atoms with Crippen LogP contribution in [0.15, 0.2) is 0 Å². The summed E-state index contributed by atoms with van der Waals surface area (Å²) in [6.07, 6.45) is 0. The van der Waals surface area contributed by atoms with E-state index in [1.807, 2.05) is 0 Å². The summed E-state index contributed by atoms with van der Waals surface area (Å²) in [4.78, 5) is 0. The molecule has 0 aliphatic rings. The van der Waals surface area contributed by atoms with Gasteiger partial charge in [0.25, 0.3) is 0 Å². The van der Waals surface area contributed by atoms with Gasteiger partial charge in [0.2, 0.25) is 0 Å². The van der Waals surface area contributed by atoms with E-state index >= 15 is 0 Å². The SMILES string of the molecule is [MgH+].[OH-].[O]=[AlH].[O]=[Ni]. The first kappa shape index (κ1) is 26.4. The Kier molecular flexibility index (Phi) is 438. The van der Waals surface area contributed by atoms with E-state index in [9.17, 15) is 0 Å². The molecule has 6 heavy (non-hydrogen) atoms. The van der Waals surface area contributed by atoms with Crippen LogP contribution in [0.3, 0.4) is 0 Å². The molecule has 0 radical (unpaired) electrons. The van der Waals surface area contributed by atoms with E-state index in [-0.39, 0.29) is 28.5 Å². The average Bonchev–Trinajstić information content (AvgIpc) is 1.50. The molecular formula is H3AlMgNiO3. The third-order valence-corrected chi connectivity index (χ3v) is 0. The van der Waals surface area contributed by atoms with Gasteiger partial charge in [-0.2, -0.15) is 0 Å². The first-order valence-electron chi connectivity index (χ1n) is 0.418. The van der Waals surface area contributed by atoms with Crippen LogP contribution in [-0.4, -0.2) is 44.8 Å². The van der Waals surface area contributed by atoms with Gasteiger partial charge in [0.1, 0.15) is 0 Å². The van der Waals surface area contributed by atoms with Gasteiger partial charge in [0, 0.05) is 0 Å². The van der Waals surface area contributed by atoms with Crippen LogP contribution in [0.25, 0.3) is 0 Å². The summed E-state index contributed by atoms with van der Waals surface area (Å²) in [6, 6.07) is 0. The van der Waals surface area contributed by atoms with Gasteiger partial charge in [0.05, 0.1) is 0 Å². The molecule has 1 N–H and O–H groups in total. The van der Waals surface area contributed by atoms with Gasteiger partial charge >= 0.3 is 62.4 Å². The van der Waals surface area contributed by atoms with Crippen molar-refractivity contribution >= 4 is 39.3 Å². The molecule has 0 aromatic rings. The number of hydrogen-bond acceptors (Lipinski definition) is 3. The van der Waals surface area contributed by atoms with Crippen molar-refractivity contribution in [2.24, 2.45) is 0 Å². The van der Waals surface area contributed by atoms with E-state index < -0.39 is 0 Å². The summed E-state index contributed by atoms with van der Waals surface area (Å²) in [5.74, 6) is 0. The van der Waals surface area contributed by atoms with Crippen LogP contribution in [-0.2, 0) is 23.1 Å². The molecule has 0 aliphatic heterocycles. The third-order valence-electron chi connectivity index (χ3n) is 0. The zero-order valence-electron chi connectivity index (χ0n) is 3.29. The van der Waals surface area contributed by atoms with Gasteiger partial charge in [-0.05, 0) is 0 Å². The summed E-state index contributed by atoms with van der Waals surface area (Å²) in [5.41, 5.74) is 0. The second-order valence-corrected chi connectivity index (χ2v) is 0. The van der Waals surface area contributed by atoms with E-state index in [0.29, 0.717) is 16.2 Å². The molecule has 0 saturated heterocycles. The van der Waals surface area contributed by atoms with Crippen molar-refractivity contribution < 1.29 is 28.6 Å². The molecular weight excluding hydrogens is 158 g/mol. The summed E-state index contributed by atoms with van der Waals surface area (Å²) >= 11 is 3.24. The molecule has 3 nitrogen and oxygen atoms in total. The minimum atomic E-state index is 0. The van der Waals surface area contributed by atoms with E-state index in [0.717, 1.165) is 0 Å². The fourth-order valence-electron chi connectivity index (χ4n) is 0. The molecule has 0 aromatic heterocycles. The van der Waals surface area contributed by atoms with E-state index in [2.05, 4.69) is 15.4 Å². The summed E-state index contributed by atoms with van der Waals surface area (Å²) in [6.45, 7) is 0. The van der Waals surface area contributed by atoms with Gasteiger partial charge in [-0.3, -0.25) is 0 Å². The molecule has 6 heteroatoms. The molecule has 0 rings (SSSR count). The quantitative estimate of drug-likeness (QED) is 0.397. The van der Waals surface area contributed by atoms with E-state index in [4.69, 9.17) is 7.70 Å². The fourth-order valence-corrected chi connectivity index (χ4v) is 0. The van der Waals surface area contributed by atoms with Crippen LogP contribution < -0.4 is 0 Å². The molecule has 0 spiro atoms. The summed E-state index contributed by atoms with van der Waals surface area (Å²) in [7, 11) is 0. The predicted octanol–water partition coefficient (Wildman–Crippen LogP) is -1.71. The fraction of sp³-hybridized carbons (Fsp3) is 0. The maximum atomic E-state index is 8.28. The average molecular weight is 161 g/mol. The van der Waals surface area contributed by atoms with Gasteiger partial charge in [-0.25, -0.2) is 0 Å². The van der Waals surface area contributed by atoms with Crippen molar-refractivity contribution in [3.63, 3.8) is 0 Å². The summed E-state index contributed by atoms with van der Waals surface area (Å²) < 4.78 is 16.2. The van der Waals surface area contributed by atoms with Crippen LogP contribution in [0.1, 0.15) is 0 Å². The Morgan fingerprint density at radius 2 is 1.17 bits per heavy atom. The van der Waals surface area contributed by atoms with Gasteiger partial charge < -0.3 is 5.48 Å². The molecule has 0 bridgehead atoms. The van der Waals surface area contributed by atoms with Crippen LogP contribution >= 0.6 is 0 Å². The Morgan fingerprint density at radius 1 is 1.17 bits per heavy atom. The van der Waals surface area contributed by atoms with Gasteiger partial charge in [-0.15, -0.1) is 0 Å². The summed E-state index contributed by atoms with van der Waals surface area (Å²) in [5, 5.41) is 0. The van der Waals surface area contributed by atoms with Crippen molar-refractivity contribution in [3.05, 3.63) is 0 Å². The number of hydrogen-bond donors (Lipinski definition) is 0. The van der Waals surface area contributed by atoms with Crippen LogP contribution in [0.4, 0.5) is 0 Å². The molecule has 0 heterocycles. The maximum absolute atomic E-state index is 8.28. The zero-order valence-corrected chi connectivity index (χ0v) is 7.69. The standard InChI is InChI=1S/Al.Mg.Ni.H2O.2O.2H/h;;;1H2;;;;/q;+1;;;;;;/p-1. The van der Waals surface area contributed by atoms with Crippen LogP contribution in [0.5, 0.6) is 0 Å². The van der Waals surface area contributed by atoms with Crippen molar-refractivity contribution in [2.75, 3.05) is 0 Å². The molecule has 0 unspecified atom stereocenters. The molecule has 0 fully saturated rings. The Bertz CT molecular complexity index is 12.8. The van der Waals surface area contributed by atoms with E-state index in [1.54, 1.807) is 0 Å². The van der Waals surface area contributed by atoms with Crippen molar-refractivity contribution in [1.29, 1.82) is 0 Å².